The van der Waals surface area contributed by atoms with Crippen molar-refractivity contribution < 1.29 is 0 Å². The fraction of sp³-hybridized carbons (Fsp3) is 0.364. The van der Waals surface area contributed by atoms with Gasteiger partial charge in [-0.25, -0.2) is 0 Å². The molecule has 0 aromatic heterocycles. The highest BCUT2D eigenvalue weighted by Gasteiger charge is 2.10. The summed E-state index contributed by atoms with van der Waals surface area (Å²) in [5.41, 5.74) is 5.86. The van der Waals surface area contributed by atoms with Crippen molar-refractivity contribution in [2.24, 2.45) is 10.9 Å². The zero-order valence-electron chi connectivity index (χ0n) is 8.68. The van der Waals surface area contributed by atoms with Crippen molar-refractivity contribution in [3.8, 4) is 0 Å². The highest BCUT2D eigenvalue weighted by Crippen LogP contribution is 2.23. The Kier molecular flexibility index (Phi) is 2.71. The van der Waals surface area contributed by atoms with Gasteiger partial charge in [-0.2, -0.15) is 5.10 Å². The van der Waals surface area contributed by atoms with Gasteiger partial charge in [0, 0.05) is 0 Å². The van der Waals surface area contributed by atoms with Gasteiger partial charge in [-0.15, -0.1) is 0 Å². The van der Waals surface area contributed by atoms with Crippen LogP contribution in [0.25, 0.3) is 0 Å². The van der Waals surface area contributed by atoms with Crippen LogP contribution in [0.1, 0.15) is 27.7 Å². The quantitative estimate of drug-likeness (QED) is 0.447. The van der Waals surface area contributed by atoms with E-state index in [2.05, 4.69) is 31.9 Å². The van der Waals surface area contributed by atoms with Crippen LogP contribution in [0, 0.1) is 0 Å². The number of hydrogen-bond donors (Lipinski definition) is 1. The van der Waals surface area contributed by atoms with Crippen LogP contribution in [0.15, 0.2) is 39.5 Å². The van der Waals surface area contributed by atoms with Crippen LogP contribution in [0.5, 0.6) is 0 Å². The Morgan fingerprint density at radius 2 is 1.77 bits per heavy atom. The third kappa shape index (κ3) is 1.89. The van der Waals surface area contributed by atoms with Gasteiger partial charge in [-0.05, 0) is 56.6 Å². The summed E-state index contributed by atoms with van der Waals surface area (Å²) in [5, 5.41) is 3.72. The Morgan fingerprint density at radius 1 is 1.15 bits per heavy atom. The molecule has 2 heteroatoms. The molecule has 0 amide bonds. The summed E-state index contributed by atoms with van der Waals surface area (Å²) < 4.78 is 0. The number of nitrogens with zero attached hydrogens (tertiary/aromatic N) is 1. The van der Waals surface area contributed by atoms with E-state index < -0.39 is 0 Å². The summed E-state index contributed by atoms with van der Waals surface area (Å²) in [7, 11) is 0. The second-order valence-electron chi connectivity index (χ2n) is 3.58. The maximum absolute atomic E-state index is 5.26. The van der Waals surface area contributed by atoms with Crippen molar-refractivity contribution in [3.63, 3.8) is 0 Å². The minimum absolute atomic E-state index is 0.877. The highest BCUT2D eigenvalue weighted by atomic mass is 15.1. The molecule has 0 bridgehead atoms. The lowest BCUT2D eigenvalue weighted by molar-refractivity contribution is 1.21. The molecule has 1 aliphatic rings. The predicted molar refractivity (Wildman–Crippen MR) is 57.5 cm³/mol. The summed E-state index contributed by atoms with van der Waals surface area (Å²) in [4.78, 5) is 0. The molecule has 13 heavy (non-hydrogen) atoms. The molecule has 0 atom stereocenters. The number of allylic oxidation sites excluding steroid dienone is 6. The number of rotatable bonds is 0. The molecule has 0 aromatic carbocycles. The largest absolute Gasteiger partial charge is 0.323 e. The molecule has 0 radical (unpaired) electrons. The van der Waals surface area contributed by atoms with Crippen LogP contribution in [0.4, 0.5) is 0 Å². The second-order valence-corrected chi connectivity index (χ2v) is 3.58. The van der Waals surface area contributed by atoms with E-state index in [-0.39, 0.29) is 0 Å². The van der Waals surface area contributed by atoms with Crippen molar-refractivity contribution in [3.05, 3.63) is 34.4 Å². The van der Waals surface area contributed by atoms with Gasteiger partial charge in [0.2, 0.25) is 0 Å². The van der Waals surface area contributed by atoms with E-state index in [4.69, 9.17) is 5.84 Å². The van der Waals surface area contributed by atoms with E-state index in [1.54, 1.807) is 0 Å². The molecule has 0 saturated heterocycles. The minimum Gasteiger partial charge on any atom is -0.323 e. The van der Waals surface area contributed by atoms with Gasteiger partial charge >= 0.3 is 0 Å². The lowest BCUT2D eigenvalue weighted by atomic mass is 9.92. The molecule has 0 heterocycles. The Morgan fingerprint density at radius 3 is 2.23 bits per heavy atom. The van der Waals surface area contributed by atoms with Crippen LogP contribution in [0.2, 0.25) is 0 Å². The first kappa shape index (κ1) is 9.78. The summed E-state index contributed by atoms with van der Waals surface area (Å²) in [6.07, 6.45) is 4.16. The van der Waals surface area contributed by atoms with Gasteiger partial charge in [-0.1, -0.05) is 5.57 Å². The summed E-state index contributed by atoms with van der Waals surface area (Å²) in [6.45, 7) is 8.33. The van der Waals surface area contributed by atoms with Crippen molar-refractivity contribution in [2.45, 2.75) is 27.7 Å². The van der Waals surface area contributed by atoms with Gasteiger partial charge < -0.3 is 5.84 Å². The molecule has 0 aromatic rings. The molecule has 0 unspecified atom stereocenters. The van der Waals surface area contributed by atoms with Crippen molar-refractivity contribution in [1.29, 1.82) is 0 Å². The second kappa shape index (κ2) is 3.60. The first-order valence-corrected chi connectivity index (χ1v) is 4.39. The summed E-state index contributed by atoms with van der Waals surface area (Å²) >= 11 is 0. The summed E-state index contributed by atoms with van der Waals surface area (Å²) in [6, 6.07) is 0. The monoisotopic (exact) mass is 176 g/mol. The molecule has 0 aliphatic heterocycles. The molecular formula is C11H16N2. The average Bonchev–Trinajstić information content (AvgIpc) is 2.07. The molecule has 2 nitrogen and oxygen atoms in total. The molecule has 1 aliphatic carbocycles. The molecular weight excluding hydrogens is 160 g/mol. The Balaban J connectivity index is 3.21. The number of nitrogens with two attached hydrogens (primary N) is 1. The topological polar surface area (TPSA) is 38.4 Å². The Hall–Kier alpha value is -1.31. The highest BCUT2D eigenvalue weighted by molar-refractivity contribution is 6.10. The minimum atomic E-state index is 0.877. The van der Waals surface area contributed by atoms with E-state index in [0.29, 0.717) is 0 Å². The zero-order valence-corrected chi connectivity index (χ0v) is 8.68. The molecule has 0 fully saturated rings. The van der Waals surface area contributed by atoms with E-state index in [0.717, 1.165) is 11.3 Å². The van der Waals surface area contributed by atoms with Crippen LogP contribution >= 0.6 is 0 Å². The summed E-state index contributed by atoms with van der Waals surface area (Å²) in [5.74, 6) is 5.26. The van der Waals surface area contributed by atoms with E-state index in [9.17, 15) is 0 Å². The van der Waals surface area contributed by atoms with Gasteiger partial charge in [-0.3, -0.25) is 0 Å². The van der Waals surface area contributed by atoms with Gasteiger partial charge in [0.25, 0.3) is 0 Å². The van der Waals surface area contributed by atoms with Gasteiger partial charge in [0.1, 0.15) is 0 Å². The number of hydrazone groups is 1. The normalized spacial score (nSPS) is 20.0. The molecule has 70 valence electrons. The molecule has 0 saturated carbocycles. The lowest BCUT2D eigenvalue weighted by Crippen LogP contribution is -2.07. The maximum atomic E-state index is 5.26. The molecule has 2 N–H and O–H groups in total. The standard InChI is InChI=1S/C11H16N2/c1-7(2)10-5-9(4)11(13-12)6-8(10)3/h5-6H,12H2,1-4H3/b13-11-. The Bertz CT molecular complexity index is 337. The fourth-order valence-corrected chi connectivity index (χ4v) is 1.48. The van der Waals surface area contributed by atoms with Crippen molar-refractivity contribution in [1.82, 2.24) is 0 Å². The zero-order chi connectivity index (χ0) is 10.0. The van der Waals surface area contributed by atoms with Crippen molar-refractivity contribution in [2.75, 3.05) is 0 Å². The lowest BCUT2D eigenvalue weighted by Gasteiger charge is -2.14. The third-order valence-corrected chi connectivity index (χ3v) is 2.22. The van der Waals surface area contributed by atoms with E-state index >= 15 is 0 Å². The first-order chi connectivity index (χ1) is 6.06. The molecule has 0 spiro atoms. The van der Waals surface area contributed by atoms with Crippen LogP contribution in [0.3, 0.4) is 0 Å². The van der Waals surface area contributed by atoms with E-state index in [1.165, 1.54) is 16.7 Å². The smallest absolute Gasteiger partial charge is 0.0859 e. The molecule has 1 rings (SSSR count). The van der Waals surface area contributed by atoms with Gasteiger partial charge in [0.15, 0.2) is 0 Å². The maximum Gasteiger partial charge on any atom is 0.0859 e. The third-order valence-electron chi connectivity index (χ3n) is 2.22. The Labute approximate surface area is 79.5 Å². The van der Waals surface area contributed by atoms with Crippen LogP contribution < -0.4 is 5.84 Å². The van der Waals surface area contributed by atoms with Crippen LogP contribution in [-0.2, 0) is 0 Å². The van der Waals surface area contributed by atoms with Crippen molar-refractivity contribution >= 4 is 5.71 Å². The SMILES string of the molecule is CC1=C/C(=N/N)C(C)=CC1=C(C)C. The first-order valence-electron chi connectivity index (χ1n) is 4.39. The van der Waals surface area contributed by atoms with E-state index in [1.807, 2.05) is 13.0 Å². The number of hydrogen-bond acceptors (Lipinski definition) is 2. The van der Waals surface area contributed by atoms with Gasteiger partial charge in [0.05, 0.1) is 5.71 Å². The predicted octanol–water partition coefficient (Wildman–Crippen LogP) is 2.54. The van der Waals surface area contributed by atoms with Crippen LogP contribution in [-0.4, -0.2) is 5.71 Å². The average molecular weight is 176 g/mol. The fourth-order valence-electron chi connectivity index (χ4n) is 1.48.